The van der Waals surface area contributed by atoms with Crippen LogP contribution in [0.5, 0.6) is 0 Å². The molecule has 17 heavy (non-hydrogen) atoms. The van der Waals surface area contributed by atoms with E-state index in [-0.39, 0.29) is 6.61 Å². The SMILES string of the molecule is CCc1cncc(Nc2cccc(CO)c2)c1. The zero-order valence-corrected chi connectivity index (χ0v) is 9.85. The highest BCUT2D eigenvalue weighted by Crippen LogP contribution is 2.18. The van der Waals surface area contributed by atoms with E-state index in [4.69, 9.17) is 5.11 Å². The number of hydrogen-bond donors (Lipinski definition) is 2. The van der Waals surface area contributed by atoms with Gasteiger partial charge in [0.05, 0.1) is 18.5 Å². The lowest BCUT2D eigenvalue weighted by Gasteiger charge is -2.08. The molecule has 2 aromatic rings. The maximum absolute atomic E-state index is 9.07. The van der Waals surface area contributed by atoms with E-state index in [0.717, 1.165) is 23.4 Å². The average Bonchev–Trinajstić information content (AvgIpc) is 2.39. The molecule has 0 saturated carbocycles. The second-order valence-electron chi connectivity index (χ2n) is 3.92. The Labute approximate surface area is 101 Å². The first kappa shape index (κ1) is 11.6. The summed E-state index contributed by atoms with van der Waals surface area (Å²) in [5, 5.41) is 12.3. The van der Waals surface area contributed by atoms with Gasteiger partial charge in [-0.25, -0.2) is 0 Å². The predicted octanol–water partition coefficient (Wildman–Crippen LogP) is 2.88. The average molecular weight is 228 g/mol. The van der Waals surface area contributed by atoms with Gasteiger partial charge in [-0.2, -0.15) is 0 Å². The summed E-state index contributed by atoms with van der Waals surface area (Å²) >= 11 is 0. The molecule has 1 heterocycles. The minimum absolute atomic E-state index is 0.0583. The van der Waals surface area contributed by atoms with Gasteiger partial charge in [0.25, 0.3) is 0 Å². The fraction of sp³-hybridized carbons (Fsp3) is 0.214. The fourth-order valence-electron chi connectivity index (χ4n) is 1.66. The third-order valence-electron chi connectivity index (χ3n) is 2.60. The van der Waals surface area contributed by atoms with Crippen LogP contribution in [-0.4, -0.2) is 10.1 Å². The number of anilines is 2. The Morgan fingerprint density at radius 1 is 1.12 bits per heavy atom. The lowest BCUT2D eigenvalue weighted by molar-refractivity contribution is 0.282. The highest BCUT2D eigenvalue weighted by atomic mass is 16.3. The predicted molar refractivity (Wildman–Crippen MR) is 69.3 cm³/mol. The first-order valence-corrected chi connectivity index (χ1v) is 5.72. The fourth-order valence-corrected chi connectivity index (χ4v) is 1.66. The number of benzene rings is 1. The van der Waals surface area contributed by atoms with Crippen molar-refractivity contribution in [2.45, 2.75) is 20.0 Å². The van der Waals surface area contributed by atoms with Crippen LogP contribution < -0.4 is 5.32 Å². The van der Waals surface area contributed by atoms with Gasteiger partial charge in [-0.1, -0.05) is 19.1 Å². The van der Waals surface area contributed by atoms with Crippen molar-refractivity contribution in [3.8, 4) is 0 Å². The van der Waals surface area contributed by atoms with Gasteiger partial charge in [0.2, 0.25) is 0 Å². The summed E-state index contributed by atoms with van der Waals surface area (Å²) in [5.74, 6) is 0. The molecule has 0 aliphatic carbocycles. The first-order chi connectivity index (χ1) is 8.31. The summed E-state index contributed by atoms with van der Waals surface area (Å²) in [6.45, 7) is 2.16. The Morgan fingerprint density at radius 2 is 1.94 bits per heavy atom. The van der Waals surface area contributed by atoms with Crippen molar-refractivity contribution in [2.24, 2.45) is 0 Å². The Kier molecular flexibility index (Phi) is 3.73. The molecule has 0 fully saturated rings. The molecule has 3 nitrogen and oxygen atoms in total. The summed E-state index contributed by atoms with van der Waals surface area (Å²) in [5.41, 5.74) is 4.04. The van der Waals surface area contributed by atoms with E-state index < -0.39 is 0 Å². The van der Waals surface area contributed by atoms with E-state index in [2.05, 4.69) is 23.3 Å². The molecule has 1 aromatic heterocycles. The molecule has 2 N–H and O–H groups in total. The van der Waals surface area contributed by atoms with E-state index in [1.807, 2.05) is 30.5 Å². The van der Waals surface area contributed by atoms with Crippen molar-refractivity contribution in [1.29, 1.82) is 0 Å². The molecule has 0 aliphatic rings. The summed E-state index contributed by atoms with van der Waals surface area (Å²) < 4.78 is 0. The Balaban J connectivity index is 2.18. The number of aromatic nitrogens is 1. The van der Waals surface area contributed by atoms with Gasteiger partial charge < -0.3 is 10.4 Å². The second-order valence-corrected chi connectivity index (χ2v) is 3.92. The Bertz CT molecular complexity index is 452. The van der Waals surface area contributed by atoms with Crippen molar-refractivity contribution < 1.29 is 5.11 Å². The van der Waals surface area contributed by atoms with Crippen LogP contribution in [0.1, 0.15) is 18.1 Å². The molecule has 0 unspecified atom stereocenters. The van der Waals surface area contributed by atoms with Gasteiger partial charge >= 0.3 is 0 Å². The van der Waals surface area contributed by atoms with Crippen molar-refractivity contribution in [2.75, 3.05) is 5.32 Å². The number of nitrogens with zero attached hydrogens (tertiary/aromatic N) is 1. The molecule has 0 atom stereocenters. The third-order valence-corrected chi connectivity index (χ3v) is 2.60. The number of pyridine rings is 1. The van der Waals surface area contributed by atoms with Crippen molar-refractivity contribution in [3.63, 3.8) is 0 Å². The van der Waals surface area contributed by atoms with Gasteiger partial charge in [-0.05, 0) is 35.7 Å². The molecule has 1 aromatic carbocycles. The number of aliphatic hydroxyl groups excluding tert-OH is 1. The number of rotatable bonds is 4. The smallest absolute Gasteiger partial charge is 0.0682 e. The van der Waals surface area contributed by atoms with Gasteiger partial charge in [0.1, 0.15) is 0 Å². The summed E-state index contributed by atoms with van der Waals surface area (Å²) in [6, 6.07) is 9.80. The molecule has 3 heteroatoms. The molecular formula is C14H16N2O. The van der Waals surface area contributed by atoms with Gasteiger partial charge in [0, 0.05) is 11.9 Å². The molecule has 0 saturated heterocycles. The van der Waals surface area contributed by atoms with Gasteiger partial charge in [0.15, 0.2) is 0 Å². The van der Waals surface area contributed by atoms with Crippen LogP contribution in [0.25, 0.3) is 0 Å². The van der Waals surface area contributed by atoms with Crippen LogP contribution in [0, 0.1) is 0 Å². The van der Waals surface area contributed by atoms with E-state index >= 15 is 0 Å². The maximum atomic E-state index is 9.07. The van der Waals surface area contributed by atoms with E-state index in [1.165, 1.54) is 5.56 Å². The zero-order valence-electron chi connectivity index (χ0n) is 9.85. The van der Waals surface area contributed by atoms with Crippen molar-refractivity contribution in [3.05, 3.63) is 53.9 Å². The Hall–Kier alpha value is -1.87. The second kappa shape index (κ2) is 5.46. The highest BCUT2D eigenvalue weighted by molar-refractivity contribution is 5.59. The van der Waals surface area contributed by atoms with Gasteiger partial charge in [-0.15, -0.1) is 0 Å². The largest absolute Gasteiger partial charge is 0.392 e. The minimum atomic E-state index is 0.0583. The maximum Gasteiger partial charge on any atom is 0.0682 e. The molecular weight excluding hydrogens is 212 g/mol. The number of nitrogens with one attached hydrogen (secondary N) is 1. The number of aliphatic hydroxyl groups is 1. The van der Waals surface area contributed by atoms with Crippen molar-refractivity contribution in [1.82, 2.24) is 4.98 Å². The summed E-state index contributed by atoms with van der Waals surface area (Å²) in [6.07, 6.45) is 4.64. The monoisotopic (exact) mass is 228 g/mol. The Morgan fingerprint density at radius 3 is 2.71 bits per heavy atom. The van der Waals surface area contributed by atoms with Crippen LogP contribution in [0.2, 0.25) is 0 Å². The van der Waals surface area contributed by atoms with Gasteiger partial charge in [-0.3, -0.25) is 4.98 Å². The van der Waals surface area contributed by atoms with E-state index in [0.29, 0.717) is 0 Å². The van der Waals surface area contributed by atoms with Crippen LogP contribution in [0.4, 0.5) is 11.4 Å². The summed E-state index contributed by atoms with van der Waals surface area (Å²) in [4.78, 5) is 4.18. The number of aryl methyl sites for hydroxylation is 1. The van der Waals surface area contributed by atoms with E-state index in [1.54, 1.807) is 6.20 Å². The topological polar surface area (TPSA) is 45.2 Å². The molecule has 0 spiro atoms. The van der Waals surface area contributed by atoms with Crippen LogP contribution in [-0.2, 0) is 13.0 Å². The zero-order chi connectivity index (χ0) is 12.1. The lowest BCUT2D eigenvalue weighted by atomic mass is 10.2. The van der Waals surface area contributed by atoms with Crippen LogP contribution in [0.15, 0.2) is 42.7 Å². The highest BCUT2D eigenvalue weighted by Gasteiger charge is 1.98. The van der Waals surface area contributed by atoms with Crippen LogP contribution >= 0.6 is 0 Å². The minimum Gasteiger partial charge on any atom is -0.392 e. The molecule has 88 valence electrons. The molecule has 0 radical (unpaired) electrons. The first-order valence-electron chi connectivity index (χ1n) is 5.72. The third kappa shape index (κ3) is 3.04. The summed E-state index contributed by atoms with van der Waals surface area (Å²) in [7, 11) is 0. The molecule has 2 rings (SSSR count). The van der Waals surface area contributed by atoms with E-state index in [9.17, 15) is 0 Å². The molecule has 0 bridgehead atoms. The van der Waals surface area contributed by atoms with Crippen molar-refractivity contribution >= 4 is 11.4 Å². The molecule has 0 aliphatic heterocycles. The standard InChI is InChI=1S/C14H16N2O/c1-2-11-6-14(9-15-8-11)16-13-5-3-4-12(7-13)10-17/h3-9,16-17H,2,10H2,1H3. The molecule has 0 amide bonds. The normalized spacial score (nSPS) is 10.2. The quantitative estimate of drug-likeness (QED) is 0.845. The lowest BCUT2D eigenvalue weighted by Crippen LogP contribution is -1.94. The van der Waals surface area contributed by atoms with Crippen LogP contribution in [0.3, 0.4) is 0 Å². The number of hydrogen-bond acceptors (Lipinski definition) is 3.